The van der Waals surface area contributed by atoms with Crippen LogP contribution in [0.1, 0.15) is 26.5 Å². The molecule has 3 aromatic rings. The molecule has 1 N–H and O–H groups in total. The van der Waals surface area contributed by atoms with Gasteiger partial charge in [-0.25, -0.2) is 9.78 Å². The molecule has 26 heavy (non-hydrogen) atoms. The van der Waals surface area contributed by atoms with E-state index in [1.54, 1.807) is 39.4 Å². The third-order valence-electron chi connectivity index (χ3n) is 3.81. The van der Waals surface area contributed by atoms with E-state index in [1.165, 1.54) is 10.6 Å². The summed E-state index contributed by atoms with van der Waals surface area (Å²) in [6.45, 7) is 1.66. The predicted molar refractivity (Wildman–Crippen MR) is 99.5 cm³/mol. The van der Waals surface area contributed by atoms with Gasteiger partial charge in [0.05, 0.1) is 19.9 Å². The number of carboxylic acids is 1. The molecular weight excluding hydrogens is 356 g/mol. The summed E-state index contributed by atoms with van der Waals surface area (Å²) in [5.41, 5.74) is 1.44. The van der Waals surface area contributed by atoms with Crippen LogP contribution in [-0.4, -0.2) is 34.7 Å². The number of benzene rings is 1. The Morgan fingerprint density at radius 2 is 1.85 bits per heavy atom. The molecule has 0 fully saturated rings. The van der Waals surface area contributed by atoms with Crippen molar-refractivity contribution in [1.82, 2.24) is 9.38 Å². The third kappa shape index (κ3) is 3.31. The summed E-state index contributed by atoms with van der Waals surface area (Å²) >= 11 is 0.955. The fourth-order valence-electron chi connectivity index (χ4n) is 2.41. The van der Waals surface area contributed by atoms with Gasteiger partial charge in [0.15, 0.2) is 4.96 Å². The van der Waals surface area contributed by atoms with Crippen molar-refractivity contribution < 1.29 is 19.4 Å². The van der Waals surface area contributed by atoms with Crippen molar-refractivity contribution in [1.29, 1.82) is 0 Å². The van der Waals surface area contributed by atoms with Gasteiger partial charge in [0.1, 0.15) is 16.4 Å². The number of thiazole rings is 1. The minimum absolute atomic E-state index is 0.0626. The molecule has 2 heterocycles. The number of ether oxygens (including phenoxy) is 2. The first kappa shape index (κ1) is 17.7. The lowest BCUT2D eigenvalue weighted by molar-refractivity contribution is 0.0701. The average Bonchev–Trinajstić information content (AvgIpc) is 3.07. The smallest absolute Gasteiger partial charge is 0.347 e. The monoisotopic (exact) mass is 372 g/mol. The number of hydrogen-bond acceptors (Lipinski definition) is 6. The fraction of sp³-hybridized carbons (Fsp3) is 0.167. The molecule has 0 atom stereocenters. The Hall–Kier alpha value is -3.13. The predicted octanol–water partition coefficient (Wildman–Crippen LogP) is 2.95. The van der Waals surface area contributed by atoms with Crippen LogP contribution in [0.25, 0.3) is 17.1 Å². The Bertz CT molecular complexity index is 1060. The van der Waals surface area contributed by atoms with Crippen LogP contribution in [0, 0.1) is 6.92 Å². The zero-order valence-electron chi connectivity index (χ0n) is 14.3. The molecule has 0 saturated carbocycles. The largest absolute Gasteiger partial charge is 0.497 e. The lowest BCUT2D eigenvalue weighted by Crippen LogP contribution is -2.17. The van der Waals surface area contributed by atoms with Crippen LogP contribution in [0.5, 0.6) is 11.5 Å². The molecule has 0 amide bonds. The number of carboxylic acid groups (broad SMARTS) is 1. The molecular formula is C18H16N2O5S. The minimum Gasteiger partial charge on any atom is -0.497 e. The second kappa shape index (κ2) is 7.01. The lowest BCUT2D eigenvalue weighted by atomic mass is 10.1. The van der Waals surface area contributed by atoms with E-state index in [1.807, 2.05) is 12.1 Å². The molecule has 0 aliphatic carbocycles. The molecule has 134 valence electrons. The van der Waals surface area contributed by atoms with Crippen molar-refractivity contribution in [3.8, 4) is 11.5 Å². The first-order valence-corrected chi connectivity index (χ1v) is 8.42. The van der Waals surface area contributed by atoms with Crippen LogP contribution in [0.15, 0.2) is 29.2 Å². The Labute approximate surface area is 152 Å². The van der Waals surface area contributed by atoms with E-state index >= 15 is 0 Å². The summed E-state index contributed by atoms with van der Waals surface area (Å²) in [7, 11) is 3.14. The molecule has 0 unspecified atom stereocenters. The van der Waals surface area contributed by atoms with Gasteiger partial charge in [0, 0.05) is 17.8 Å². The SMILES string of the molecule is COc1cc(C=Cc2nc3sc(C(=O)O)cn3c(=O)c2C)cc(OC)c1. The van der Waals surface area contributed by atoms with Crippen molar-refractivity contribution in [2.75, 3.05) is 14.2 Å². The molecule has 0 bridgehead atoms. The maximum atomic E-state index is 12.5. The van der Waals surface area contributed by atoms with Gasteiger partial charge < -0.3 is 14.6 Å². The number of aromatic carboxylic acids is 1. The van der Waals surface area contributed by atoms with Gasteiger partial charge in [-0.15, -0.1) is 0 Å². The number of rotatable bonds is 5. The summed E-state index contributed by atoms with van der Waals surface area (Å²) < 4.78 is 11.7. The van der Waals surface area contributed by atoms with Gasteiger partial charge in [-0.1, -0.05) is 17.4 Å². The Balaban J connectivity index is 2.06. The number of aromatic nitrogens is 2. The van der Waals surface area contributed by atoms with Crippen LogP contribution in [0.2, 0.25) is 0 Å². The molecule has 0 radical (unpaired) electrons. The molecule has 0 saturated heterocycles. The Morgan fingerprint density at radius 1 is 1.19 bits per heavy atom. The van der Waals surface area contributed by atoms with Gasteiger partial charge in [-0.2, -0.15) is 0 Å². The zero-order valence-corrected chi connectivity index (χ0v) is 15.2. The van der Waals surface area contributed by atoms with Crippen LogP contribution >= 0.6 is 11.3 Å². The maximum absolute atomic E-state index is 12.5. The van der Waals surface area contributed by atoms with Crippen molar-refractivity contribution in [3.63, 3.8) is 0 Å². The molecule has 0 aliphatic rings. The summed E-state index contributed by atoms with van der Waals surface area (Å²) in [6, 6.07) is 5.42. The molecule has 8 heteroatoms. The maximum Gasteiger partial charge on any atom is 0.347 e. The highest BCUT2D eigenvalue weighted by Gasteiger charge is 2.13. The minimum atomic E-state index is -1.09. The Morgan fingerprint density at radius 3 is 2.42 bits per heavy atom. The number of carbonyl (C=O) groups is 1. The first-order chi connectivity index (χ1) is 12.4. The zero-order chi connectivity index (χ0) is 18.8. The van der Waals surface area contributed by atoms with Crippen molar-refractivity contribution in [3.05, 3.63) is 56.4 Å². The molecule has 1 aromatic carbocycles. The van der Waals surface area contributed by atoms with Gasteiger partial charge in [-0.05, 0) is 30.7 Å². The van der Waals surface area contributed by atoms with E-state index in [-0.39, 0.29) is 10.4 Å². The number of fused-ring (bicyclic) bond motifs is 1. The van der Waals surface area contributed by atoms with Gasteiger partial charge >= 0.3 is 5.97 Å². The summed E-state index contributed by atoms with van der Waals surface area (Å²) in [5.74, 6) is 0.209. The van der Waals surface area contributed by atoms with E-state index in [2.05, 4.69) is 4.98 Å². The normalized spacial score (nSPS) is 11.2. The molecule has 3 rings (SSSR count). The highest BCUT2D eigenvalue weighted by Crippen LogP contribution is 2.24. The average molecular weight is 372 g/mol. The van der Waals surface area contributed by atoms with Crippen molar-refractivity contribution >= 4 is 34.4 Å². The van der Waals surface area contributed by atoms with Crippen LogP contribution < -0.4 is 15.0 Å². The molecule has 2 aromatic heterocycles. The van der Waals surface area contributed by atoms with Crippen molar-refractivity contribution in [2.24, 2.45) is 0 Å². The van der Waals surface area contributed by atoms with Gasteiger partial charge in [0.25, 0.3) is 5.56 Å². The first-order valence-electron chi connectivity index (χ1n) is 7.60. The van der Waals surface area contributed by atoms with Crippen LogP contribution in [-0.2, 0) is 0 Å². The number of hydrogen-bond donors (Lipinski definition) is 1. The van der Waals surface area contributed by atoms with Crippen LogP contribution in [0.4, 0.5) is 0 Å². The highest BCUT2D eigenvalue weighted by atomic mass is 32.1. The summed E-state index contributed by atoms with van der Waals surface area (Å²) in [5, 5.41) is 9.10. The van der Waals surface area contributed by atoms with E-state index in [9.17, 15) is 9.59 Å². The van der Waals surface area contributed by atoms with E-state index in [4.69, 9.17) is 14.6 Å². The van der Waals surface area contributed by atoms with Crippen molar-refractivity contribution in [2.45, 2.75) is 6.92 Å². The van der Waals surface area contributed by atoms with Gasteiger partial charge in [-0.3, -0.25) is 9.20 Å². The standard InChI is InChI=1S/C18H16N2O5S/c1-10-14(5-4-11-6-12(24-2)8-13(7-11)25-3)19-18-20(16(10)21)9-15(26-18)17(22)23/h4-9H,1-3H3,(H,22,23). The summed E-state index contributed by atoms with van der Waals surface area (Å²) in [4.78, 5) is 28.4. The van der Waals surface area contributed by atoms with Gasteiger partial charge in [0.2, 0.25) is 0 Å². The number of methoxy groups -OCH3 is 2. The molecule has 7 nitrogen and oxygen atoms in total. The molecule has 0 aliphatic heterocycles. The Kier molecular flexibility index (Phi) is 4.77. The summed E-state index contributed by atoms with van der Waals surface area (Å²) in [6.07, 6.45) is 4.80. The second-order valence-electron chi connectivity index (χ2n) is 5.46. The second-order valence-corrected chi connectivity index (χ2v) is 6.47. The fourth-order valence-corrected chi connectivity index (χ4v) is 3.23. The van der Waals surface area contributed by atoms with E-state index in [0.29, 0.717) is 27.7 Å². The highest BCUT2D eigenvalue weighted by molar-refractivity contribution is 7.18. The van der Waals surface area contributed by atoms with E-state index < -0.39 is 5.97 Å². The number of nitrogens with zero attached hydrogens (tertiary/aromatic N) is 2. The van der Waals surface area contributed by atoms with Crippen LogP contribution in [0.3, 0.4) is 0 Å². The topological polar surface area (TPSA) is 90.1 Å². The lowest BCUT2D eigenvalue weighted by Gasteiger charge is -2.06. The third-order valence-corrected chi connectivity index (χ3v) is 4.78. The molecule has 0 spiro atoms. The van der Waals surface area contributed by atoms with E-state index in [0.717, 1.165) is 16.9 Å². The quantitative estimate of drug-likeness (QED) is 0.741.